The summed E-state index contributed by atoms with van der Waals surface area (Å²) in [6.45, 7) is 5.79. The van der Waals surface area contributed by atoms with Crippen LogP contribution in [0.25, 0.3) is 6.08 Å². The molecule has 1 aliphatic heterocycles. The van der Waals surface area contributed by atoms with Gasteiger partial charge in [0.25, 0.3) is 0 Å². The van der Waals surface area contributed by atoms with Gasteiger partial charge in [0.05, 0.1) is 12.6 Å². The summed E-state index contributed by atoms with van der Waals surface area (Å²) in [7, 11) is -3.84. The number of carbonyl (C=O) groups is 1. The van der Waals surface area contributed by atoms with E-state index in [4.69, 9.17) is 0 Å². The Kier molecular flexibility index (Phi) is 7.07. The first kappa shape index (κ1) is 24.4. The first-order valence-electron chi connectivity index (χ1n) is 11.3. The highest BCUT2D eigenvalue weighted by Gasteiger charge is 2.38. The summed E-state index contributed by atoms with van der Waals surface area (Å²) < 4.78 is 28.0. The predicted octanol–water partition coefficient (Wildman–Crippen LogP) is 5.32. The zero-order valence-corrected chi connectivity index (χ0v) is 21.4. The predicted molar refractivity (Wildman–Crippen MR) is 139 cm³/mol. The molecule has 2 heterocycles. The van der Waals surface area contributed by atoms with Crippen molar-refractivity contribution in [2.24, 2.45) is 0 Å². The maximum atomic E-state index is 13.7. The zero-order chi connectivity index (χ0) is 24.3. The van der Waals surface area contributed by atoms with Crippen LogP contribution in [0.2, 0.25) is 0 Å². The van der Waals surface area contributed by atoms with Gasteiger partial charge in [0.15, 0.2) is 0 Å². The number of carbonyl (C=O) groups excluding carboxylic acids is 1. The highest BCUT2D eigenvalue weighted by atomic mass is 32.2. The number of amides is 1. The molecule has 7 heteroatoms. The lowest BCUT2D eigenvalue weighted by Crippen LogP contribution is -2.52. The summed E-state index contributed by atoms with van der Waals surface area (Å²) in [5, 5.41) is 3.26. The standard InChI is InChI=1S/C27H30N2O3S2/c1-27(2,3)29(34(31,32)19-16-21-10-6-4-7-11-21)20-25(30)28-17-14-24-23(15-18-33-24)26(28)22-12-8-5-9-13-22/h4-13,15-16,18-19,26H,14,17,20H2,1-3H3. The second kappa shape index (κ2) is 9.86. The van der Waals surface area contributed by atoms with Crippen LogP contribution in [-0.4, -0.2) is 42.2 Å². The number of sulfonamides is 1. The van der Waals surface area contributed by atoms with Crippen molar-refractivity contribution in [3.05, 3.63) is 99.1 Å². The molecule has 0 spiro atoms. The largest absolute Gasteiger partial charge is 0.330 e. The van der Waals surface area contributed by atoms with Crippen molar-refractivity contribution in [3.63, 3.8) is 0 Å². The van der Waals surface area contributed by atoms with E-state index in [1.807, 2.05) is 86.3 Å². The number of benzene rings is 2. The summed E-state index contributed by atoms with van der Waals surface area (Å²) in [6.07, 6.45) is 2.35. The molecule has 1 aromatic heterocycles. The fraction of sp³-hybridized carbons (Fsp3) is 0.296. The average molecular weight is 495 g/mol. The van der Waals surface area contributed by atoms with Gasteiger partial charge in [0.1, 0.15) is 0 Å². The lowest BCUT2D eigenvalue weighted by Gasteiger charge is -2.39. The molecule has 0 bridgehead atoms. The van der Waals surface area contributed by atoms with Crippen molar-refractivity contribution in [2.75, 3.05) is 13.1 Å². The molecule has 0 N–H and O–H groups in total. The van der Waals surface area contributed by atoms with Gasteiger partial charge in [0.2, 0.25) is 15.9 Å². The summed E-state index contributed by atoms with van der Waals surface area (Å²) >= 11 is 1.71. The van der Waals surface area contributed by atoms with Gasteiger partial charge in [-0.25, -0.2) is 8.42 Å². The van der Waals surface area contributed by atoms with Crippen LogP contribution in [0.5, 0.6) is 0 Å². The van der Waals surface area contributed by atoms with Crippen LogP contribution in [0.15, 0.2) is 77.5 Å². The van der Waals surface area contributed by atoms with Crippen LogP contribution >= 0.6 is 11.3 Å². The summed E-state index contributed by atoms with van der Waals surface area (Å²) in [5.74, 6) is -0.197. The van der Waals surface area contributed by atoms with E-state index in [1.54, 1.807) is 17.4 Å². The van der Waals surface area contributed by atoms with Gasteiger partial charge < -0.3 is 4.90 Å². The molecule has 1 aliphatic rings. The number of rotatable bonds is 6. The highest BCUT2D eigenvalue weighted by molar-refractivity contribution is 7.92. The lowest BCUT2D eigenvalue weighted by molar-refractivity contribution is -0.134. The van der Waals surface area contributed by atoms with E-state index < -0.39 is 15.6 Å². The van der Waals surface area contributed by atoms with Crippen molar-refractivity contribution in [2.45, 2.75) is 38.8 Å². The fourth-order valence-corrected chi connectivity index (χ4v) is 6.74. The van der Waals surface area contributed by atoms with Crippen molar-refractivity contribution < 1.29 is 13.2 Å². The van der Waals surface area contributed by atoms with Crippen molar-refractivity contribution in [1.82, 2.24) is 9.21 Å². The Balaban J connectivity index is 1.63. The first-order chi connectivity index (χ1) is 16.2. The minimum absolute atomic E-state index is 0.197. The Morgan fingerprint density at radius 1 is 1.06 bits per heavy atom. The molecular formula is C27H30N2O3S2. The molecule has 34 heavy (non-hydrogen) atoms. The van der Waals surface area contributed by atoms with Crippen molar-refractivity contribution in [1.29, 1.82) is 0 Å². The minimum atomic E-state index is -3.84. The number of nitrogens with zero attached hydrogens (tertiary/aromatic N) is 2. The molecule has 1 unspecified atom stereocenters. The van der Waals surface area contributed by atoms with E-state index in [0.717, 1.165) is 23.1 Å². The molecule has 0 aliphatic carbocycles. The SMILES string of the molecule is CC(C)(C)N(CC(=O)N1CCc2sccc2C1c1ccccc1)S(=O)(=O)C=Cc1ccccc1. The van der Waals surface area contributed by atoms with Crippen LogP contribution in [0, 0.1) is 0 Å². The van der Waals surface area contributed by atoms with Crippen LogP contribution < -0.4 is 0 Å². The van der Waals surface area contributed by atoms with Gasteiger partial charge >= 0.3 is 0 Å². The Hall–Kier alpha value is -2.74. The molecule has 0 fully saturated rings. The van der Waals surface area contributed by atoms with E-state index >= 15 is 0 Å². The zero-order valence-electron chi connectivity index (χ0n) is 19.7. The number of hydrogen-bond donors (Lipinski definition) is 0. The number of fused-ring (bicyclic) bond motifs is 1. The van der Waals surface area contributed by atoms with E-state index in [1.165, 1.54) is 14.6 Å². The van der Waals surface area contributed by atoms with Crippen LogP contribution in [0.1, 0.15) is 48.4 Å². The van der Waals surface area contributed by atoms with Gasteiger partial charge in [-0.1, -0.05) is 60.7 Å². The second-order valence-corrected chi connectivity index (χ2v) is 12.1. The highest BCUT2D eigenvalue weighted by Crippen LogP contribution is 2.38. The molecule has 0 saturated heterocycles. The quantitative estimate of drug-likeness (QED) is 0.466. The third-order valence-electron chi connectivity index (χ3n) is 5.97. The molecule has 0 saturated carbocycles. The van der Waals surface area contributed by atoms with Crippen LogP contribution in [0.4, 0.5) is 0 Å². The van der Waals surface area contributed by atoms with Crippen molar-refractivity contribution >= 4 is 33.3 Å². The molecule has 4 rings (SSSR count). The van der Waals surface area contributed by atoms with E-state index in [0.29, 0.717) is 6.54 Å². The van der Waals surface area contributed by atoms with Gasteiger partial charge in [-0.2, -0.15) is 4.31 Å². The molecule has 1 amide bonds. The van der Waals surface area contributed by atoms with Crippen molar-refractivity contribution in [3.8, 4) is 0 Å². The lowest BCUT2D eigenvalue weighted by atomic mass is 9.93. The average Bonchev–Trinajstić information content (AvgIpc) is 3.30. The van der Waals surface area contributed by atoms with Gasteiger partial charge in [-0.15, -0.1) is 11.3 Å². The second-order valence-electron chi connectivity index (χ2n) is 9.39. The minimum Gasteiger partial charge on any atom is -0.330 e. The summed E-state index contributed by atoms with van der Waals surface area (Å²) in [6, 6.07) is 21.1. The Labute approximate surface area is 206 Å². The monoisotopic (exact) mass is 494 g/mol. The Bertz CT molecular complexity index is 1260. The van der Waals surface area contributed by atoms with E-state index in [9.17, 15) is 13.2 Å². The topological polar surface area (TPSA) is 57.7 Å². The molecule has 178 valence electrons. The number of hydrogen-bond acceptors (Lipinski definition) is 4. The van der Waals surface area contributed by atoms with Gasteiger partial charge in [0, 0.05) is 22.4 Å². The molecule has 2 aromatic carbocycles. The Morgan fingerprint density at radius 2 is 1.71 bits per heavy atom. The van der Waals surface area contributed by atoms with Crippen LogP contribution in [-0.2, 0) is 21.2 Å². The third kappa shape index (κ3) is 5.32. The van der Waals surface area contributed by atoms with Crippen LogP contribution in [0.3, 0.4) is 0 Å². The first-order valence-corrected chi connectivity index (χ1v) is 13.7. The normalized spacial score (nSPS) is 16.7. The Morgan fingerprint density at radius 3 is 2.35 bits per heavy atom. The third-order valence-corrected chi connectivity index (χ3v) is 8.74. The summed E-state index contributed by atoms with van der Waals surface area (Å²) in [4.78, 5) is 16.8. The number of thiophene rings is 1. The van der Waals surface area contributed by atoms with E-state index in [-0.39, 0.29) is 18.5 Å². The molecular weight excluding hydrogens is 464 g/mol. The molecule has 1 atom stereocenters. The summed E-state index contributed by atoms with van der Waals surface area (Å²) in [5.41, 5.74) is 2.19. The van der Waals surface area contributed by atoms with E-state index in [2.05, 4.69) is 11.4 Å². The van der Waals surface area contributed by atoms with Gasteiger partial charge in [-0.05, 0) is 61.4 Å². The molecule has 0 radical (unpaired) electrons. The maximum Gasteiger partial charge on any atom is 0.238 e. The molecule has 3 aromatic rings. The smallest absolute Gasteiger partial charge is 0.238 e. The maximum absolute atomic E-state index is 13.7. The molecule has 5 nitrogen and oxygen atoms in total. The van der Waals surface area contributed by atoms with Gasteiger partial charge in [-0.3, -0.25) is 4.79 Å². The fourth-order valence-electron chi connectivity index (χ4n) is 4.30.